The lowest BCUT2D eigenvalue weighted by atomic mass is 10.1. The summed E-state index contributed by atoms with van der Waals surface area (Å²) in [6.07, 6.45) is 1.28. The van der Waals surface area contributed by atoms with Crippen LogP contribution in [0.1, 0.15) is 12.0 Å². The Labute approximate surface area is 241 Å². The number of likely N-dealkylation sites (N-methyl/N-ethyl adjacent to an activating group) is 1. The van der Waals surface area contributed by atoms with Crippen LogP contribution in [0.15, 0.2) is 66.0 Å². The highest BCUT2D eigenvalue weighted by atomic mass is 35.5. The number of carbonyl (C=O) groups is 2. The van der Waals surface area contributed by atoms with Crippen LogP contribution in [0.3, 0.4) is 0 Å². The number of amides is 3. The van der Waals surface area contributed by atoms with E-state index in [0.717, 1.165) is 41.3 Å². The van der Waals surface area contributed by atoms with E-state index in [1.54, 1.807) is 34.2 Å². The fraction of sp³-hybridized carbons (Fsp3) is 0.250. The van der Waals surface area contributed by atoms with Gasteiger partial charge in [0.2, 0.25) is 5.91 Å². The SMILES string of the molecule is CN(C)[C@H]1CCN(C(=O)Cc2cccc(-n3nc(-c4cccs4)cc3NC(=O)Nc3cccc(Cl)c3Cl)c2)C1. The van der Waals surface area contributed by atoms with Gasteiger partial charge in [-0.3, -0.25) is 10.1 Å². The van der Waals surface area contributed by atoms with Gasteiger partial charge < -0.3 is 15.1 Å². The standard InChI is InChI=1S/C28H28Cl2N6O2S/c1-34(2)20-11-12-35(17-20)26(37)15-18-6-3-7-19(14-18)36-25(16-23(33-36)24-10-5-13-39-24)32-28(38)31-22-9-4-8-21(29)27(22)30/h3-10,13-14,16,20H,11-12,15,17H2,1-2H3,(H2,31,32,38)/t20-/m0/s1. The van der Waals surface area contributed by atoms with Gasteiger partial charge in [0.25, 0.3) is 0 Å². The third kappa shape index (κ3) is 6.28. The fourth-order valence-corrected chi connectivity index (χ4v) is 5.59. The summed E-state index contributed by atoms with van der Waals surface area (Å²) < 4.78 is 1.67. The molecule has 0 radical (unpaired) electrons. The largest absolute Gasteiger partial charge is 0.341 e. The molecule has 3 heterocycles. The number of nitrogens with zero attached hydrogens (tertiary/aromatic N) is 4. The van der Waals surface area contributed by atoms with E-state index >= 15 is 0 Å². The molecule has 0 saturated carbocycles. The summed E-state index contributed by atoms with van der Waals surface area (Å²) in [5, 5.41) is 13.0. The number of thiophene rings is 1. The van der Waals surface area contributed by atoms with Crippen LogP contribution in [-0.4, -0.2) is 64.7 Å². The summed E-state index contributed by atoms with van der Waals surface area (Å²) in [7, 11) is 4.10. The van der Waals surface area contributed by atoms with Gasteiger partial charge in [-0.1, -0.05) is 47.5 Å². The molecule has 0 bridgehead atoms. The van der Waals surface area contributed by atoms with Crippen molar-refractivity contribution in [3.05, 3.63) is 81.7 Å². The first kappa shape index (κ1) is 27.2. The molecule has 1 aliphatic heterocycles. The molecule has 2 aromatic carbocycles. The molecule has 0 unspecified atom stereocenters. The van der Waals surface area contributed by atoms with Gasteiger partial charge in [-0.15, -0.1) is 11.3 Å². The fourth-order valence-electron chi connectivity index (χ4n) is 4.56. The van der Waals surface area contributed by atoms with E-state index in [0.29, 0.717) is 29.0 Å². The number of nitrogens with one attached hydrogen (secondary N) is 2. The predicted molar refractivity (Wildman–Crippen MR) is 158 cm³/mol. The second-order valence-electron chi connectivity index (χ2n) is 9.58. The first-order valence-electron chi connectivity index (χ1n) is 12.5. The van der Waals surface area contributed by atoms with Gasteiger partial charge in [0.15, 0.2) is 0 Å². The third-order valence-corrected chi connectivity index (χ3v) is 8.39. The maximum absolute atomic E-state index is 13.0. The zero-order valence-electron chi connectivity index (χ0n) is 21.5. The molecule has 1 fully saturated rings. The summed E-state index contributed by atoms with van der Waals surface area (Å²) >= 11 is 13.9. The van der Waals surface area contributed by atoms with Crippen LogP contribution in [0.5, 0.6) is 0 Å². The average Bonchev–Trinajstić information content (AvgIpc) is 3.68. The molecule has 1 aliphatic rings. The first-order valence-corrected chi connectivity index (χ1v) is 14.1. The minimum Gasteiger partial charge on any atom is -0.341 e. The third-order valence-electron chi connectivity index (χ3n) is 6.68. The molecule has 1 atom stereocenters. The molecule has 1 saturated heterocycles. The molecular formula is C28H28Cl2N6O2S. The van der Waals surface area contributed by atoms with E-state index in [1.165, 1.54) is 0 Å². The molecule has 5 rings (SSSR count). The topological polar surface area (TPSA) is 82.5 Å². The number of aromatic nitrogens is 2. The summed E-state index contributed by atoms with van der Waals surface area (Å²) in [6.45, 7) is 1.51. The quantitative estimate of drug-likeness (QED) is 0.269. The molecule has 0 spiro atoms. The second-order valence-corrected chi connectivity index (χ2v) is 11.3. The van der Waals surface area contributed by atoms with Crippen molar-refractivity contribution < 1.29 is 9.59 Å². The van der Waals surface area contributed by atoms with Gasteiger partial charge in [0.1, 0.15) is 11.5 Å². The van der Waals surface area contributed by atoms with Crippen molar-refractivity contribution in [1.29, 1.82) is 0 Å². The molecular weight excluding hydrogens is 555 g/mol. The predicted octanol–water partition coefficient (Wildman–Crippen LogP) is 6.26. The summed E-state index contributed by atoms with van der Waals surface area (Å²) in [5.74, 6) is 0.568. The van der Waals surface area contributed by atoms with Gasteiger partial charge in [-0.05, 0) is 61.8 Å². The molecule has 39 heavy (non-hydrogen) atoms. The number of hydrogen-bond acceptors (Lipinski definition) is 5. The highest BCUT2D eigenvalue weighted by molar-refractivity contribution is 7.13. The second kappa shape index (κ2) is 11.8. The van der Waals surface area contributed by atoms with Gasteiger partial charge in [0.05, 0.1) is 32.7 Å². The van der Waals surface area contributed by atoms with E-state index in [4.69, 9.17) is 28.3 Å². The maximum Gasteiger partial charge on any atom is 0.324 e. The summed E-state index contributed by atoms with van der Waals surface area (Å²) in [6, 6.07) is 18.3. The van der Waals surface area contributed by atoms with Gasteiger partial charge >= 0.3 is 6.03 Å². The number of halogens is 2. The van der Waals surface area contributed by atoms with Crippen LogP contribution in [-0.2, 0) is 11.2 Å². The van der Waals surface area contributed by atoms with E-state index < -0.39 is 6.03 Å². The van der Waals surface area contributed by atoms with Gasteiger partial charge in [0, 0.05) is 25.2 Å². The van der Waals surface area contributed by atoms with Crippen molar-refractivity contribution in [1.82, 2.24) is 19.6 Å². The van der Waals surface area contributed by atoms with E-state index in [-0.39, 0.29) is 10.9 Å². The molecule has 3 amide bonds. The lowest BCUT2D eigenvalue weighted by Crippen LogP contribution is -2.35. The monoisotopic (exact) mass is 582 g/mol. The van der Waals surface area contributed by atoms with Crippen molar-refractivity contribution in [3.63, 3.8) is 0 Å². The van der Waals surface area contributed by atoms with Gasteiger partial charge in [-0.2, -0.15) is 5.10 Å². The Morgan fingerprint density at radius 2 is 1.90 bits per heavy atom. The van der Waals surface area contributed by atoms with Crippen LogP contribution in [0.2, 0.25) is 10.0 Å². The van der Waals surface area contributed by atoms with E-state index in [2.05, 4.69) is 15.5 Å². The van der Waals surface area contributed by atoms with E-state index in [1.807, 2.05) is 66.8 Å². The number of benzene rings is 2. The van der Waals surface area contributed by atoms with Crippen molar-refractivity contribution in [2.24, 2.45) is 0 Å². The number of anilines is 2. The minimum absolute atomic E-state index is 0.104. The van der Waals surface area contributed by atoms with Crippen LogP contribution in [0, 0.1) is 0 Å². The Kier molecular flexibility index (Phi) is 8.23. The smallest absolute Gasteiger partial charge is 0.324 e. The molecule has 2 N–H and O–H groups in total. The maximum atomic E-state index is 13.0. The molecule has 11 heteroatoms. The van der Waals surface area contributed by atoms with Gasteiger partial charge in [-0.25, -0.2) is 9.48 Å². The number of likely N-dealkylation sites (tertiary alicyclic amines) is 1. The molecule has 4 aromatic rings. The molecule has 0 aliphatic carbocycles. The number of carbonyl (C=O) groups excluding carboxylic acids is 2. The molecule has 202 valence electrons. The number of hydrogen-bond donors (Lipinski definition) is 2. The van der Waals surface area contributed by atoms with Crippen LogP contribution >= 0.6 is 34.5 Å². The minimum atomic E-state index is -0.492. The summed E-state index contributed by atoms with van der Waals surface area (Å²) in [5.41, 5.74) is 2.71. The highest BCUT2D eigenvalue weighted by Crippen LogP contribution is 2.31. The van der Waals surface area contributed by atoms with Crippen molar-refractivity contribution in [2.45, 2.75) is 18.9 Å². The summed E-state index contributed by atoms with van der Waals surface area (Å²) in [4.78, 5) is 31.0. The van der Waals surface area contributed by atoms with E-state index in [9.17, 15) is 9.59 Å². The Morgan fingerprint density at radius 1 is 1.08 bits per heavy atom. The van der Waals surface area contributed by atoms with Crippen LogP contribution in [0.4, 0.5) is 16.3 Å². The van der Waals surface area contributed by atoms with Crippen LogP contribution < -0.4 is 10.6 Å². The molecule has 2 aromatic heterocycles. The number of rotatable bonds is 7. The normalized spacial score (nSPS) is 15.1. The lowest BCUT2D eigenvalue weighted by molar-refractivity contribution is -0.129. The van der Waals surface area contributed by atoms with Crippen molar-refractivity contribution in [2.75, 3.05) is 37.8 Å². The highest BCUT2D eigenvalue weighted by Gasteiger charge is 2.27. The zero-order valence-corrected chi connectivity index (χ0v) is 23.9. The zero-order chi connectivity index (χ0) is 27.5. The Balaban J connectivity index is 1.38. The average molecular weight is 584 g/mol. The lowest BCUT2D eigenvalue weighted by Gasteiger charge is -2.20. The Bertz CT molecular complexity index is 1490. The Morgan fingerprint density at radius 3 is 2.64 bits per heavy atom. The first-order chi connectivity index (χ1) is 18.8. The van der Waals surface area contributed by atoms with Crippen LogP contribution in [0.25, 0.3) is 16.3 Å². The van der Waals surface area contributed by atoms with Crippen molar-refractivity contribution in [3.8, 4) is 16.3 Å². The van der Waals surface area contributed by atoms with Crippen molar-refractivity contribution >= 4 is 58.0 Å². The molecule has 8 nitrogen and oxygen atoms in total. The Hall–Kier alpha value is -3.37. The number of urea groups is 1.